The van der Waals surface area contributed by atoms with E-state index in [1.807, 2.05) is 26.2 Å². The average molecular weight is 378 g/mol. The highest BCUT2D eigenvalue weighted by Crippen LogP contribution is 2.25. The molecule has 0 spiro atoms. The van der Waals surface area contributed by atoms with E-state index in [1.54, 1.807) is 11.3 Å². The van der Waals surface area contributed by atoms with Gasteiger partial charge in [-0.1, -0.05) is 0 Å². The van der Waals surface area contributed by atoms with Crippen LogP contribution >= 0.6 is 36.2 Å². The molecule has 0 saturated heterocycles. The first-order chi connectivity index (χ1) is 9.97. The second-order valence-electron chi connectivity index (χ2n) is 5.83. The lowest BCUT2D eigenvalue weighted by Gasteiger charge is -2.23. The lowest BCUT2D eigenvalue weighted by Crippen LogP contribution is -2.41. The molecule has 0 bridgehead atoms. The lowest BCUT2D eigenvalue weighted by atomic mass is 10.0. The van der Waals surface area contributed by atoms with E-state index >= 15 is 0 Å². The minimum atomic E-state index is -0.510. The molecule has 1 aliphatic heterocycles. The van der Waals surface area contributed by atoms with Crippen molar-refractivity contribution in [3.05, 3.63) is 33.0 Å². The molecule has 0 fully saturated rings. The zero-order valence-corrected chi connectivity index (χ0v) is 15.7. The quantitative estimate of drug-likeness (QED) is 0.766. The largest absolute Gasteiger partial charge is 0.339 e. The summed E-state index contributed by atoms with van der Waals surface area (Å²) in [6.07, 6.45) is 0.880. The fourth-order valence-corrected chi connectivity index (χ4v) is 3.33. The maximum absolute atomic E-state index is 12.5. The highest BCUT2D eigenvalue weighted by atomic mass is 35.5. The van der Waals surface area contributed by atoms with Crippen molar-refractivity contribution in [3.8, 4) is 0 Å². The number of carbonyl (C=O) groups excluding carboxylic acids is 1. The van der Waals surface area contributed by atoms with Crippen molar-refractivity contribution in [2.24, 2.45) is 0 Å². The summed E-state index contributed by atoms with van der Waals surface area (Å²) < 4.78 is 0. The maximum Gasteiger partial charge on any atom is 0.272 e. The summed E-state index contributed by atoms with van der Waals surface area (Å²) in [5, 5.41) is 16.4. The third-order valence-corrected chi connectivity index (χ3v) is 4.88. The monoisotopic (exact) mass is 377 g/mol. The van der Waals surface area contributed by atoms with Gasteiger partial charge in [0.1, 0.15) is 5.01 Å². The van der Waals surface area contributed by atoms with Gasteiger partial charge in [0.05, 0.1) is 5.54 Å². The van der Waals surface area contributed by atoms with Crippen LogP contribution in [0.1, 0.15) is 46.3 Å². The number of fused-ring (bicyclic) bond motifs is 1. The Labute approximate surface area is 151 Å². The van der Waals surface area contributed by atoms with Crippen LogP contribution in [-0.4, -0.2) is 27.6 Å². The van der Waals surface area contributed by atoms with Crippen molar-refractivity contribution >= 4 is 42.1 Å². The van der Waals surface area contributed by atoms with E-state index in [4.69, 9.17) is 0 Å². The summed E-state index contributed by atoms with van der Waals surface area (Å²) in [5.41, 5.74) is 2.98. The standard InChI is InChI=1S/C14H19N5OS.2ClH/c1-8-7-21-13(16-8)14(2,3)17-12(20)11-9-6-15-5-4-10(9)18-19-11;;/h7,15H,4-6H2,1-3H3,(H,17,20)(H,18,19);2*1H. The molecule has 0 radical (unpaired) electrons. The summed E-state index contributed by atoms with van der Waals surface area (Å²) in [4.78, 5) is 17.0. The zero-order chi connectivity index (χ0) is 15.0. The normalized spacial score (nSPS) is 13.5. The van der Waals surface area contributed by atoms with Crippen LogP contribution < -0.4 is 10.6 Å². The molecule has 3 rings (SSSR count). The molecule has 1 aliphatic rings. The first-order valence-corrected chi connectivity index (χ1v) is 7.87. The number of rotatable bonds is 3. The van der Waals surface area contributed by atoms with Crippen molar-refractivity contribution in [1.29, 1.82) is 0 Å². The van der Waals surface area contributed by atoms with E-state index in [0.29, 0.717) is 12.2 Å². The van der Waals surface area contributed by atoms with E-state index in [2.05, 4.69) is 25.8 Å². The van der Waals surface area contributed by atoms with Crippen LogP contribution in [0, 0.1) is 6.92 Å². The fraction of sp³-hybridized carbons (Fsp3) is 0.500. The third-order valence-electron chi connectivity index (χ3n) is 3.60. The second-order valence-corrected chi connectivity index (χ2v) is 6.69. The number of aromatic nitrogens is 3. The molecule has 128 valence electrons. The Morgan fingerprint density at radius 1 is 1.39 bits per heavy atom. The molecule has 2 aromatic rings. The van der Waals surface area contributed by atoms with Gasteiger partial charge in [-0.2, -0.15) is 5.10 Å². The van der Waals surface area contributed by atoms with Crippen molar-refractivity contribution in [1.82, 2.24) is 25.8 Å². The van der Waals surface area contributed by atoms with Crippen LogP contribution in [0.15, 0.2) is 5.38 Å². The van der Waals surface area contributed by atoms with E-state index in [9.17, 15) is 4.79 Å². The van der Waals surface area contributed by atoms with Crippen LogP contribution in [0.3, 0.4) is 0 Å². The van der Waals surface area contributed by atoms with Crippen molar-refractivity contribution in [2.45, 2.75) is 39.3 Å². The molecule has 0 aromatic carbocycles. The number of aromatic amines is 1. The van der Waals surface area contributed by atoms with Gasteiger partial charge in [-0.25, -0.2) is 4.98 Å². The van der Waals surface area contributed by atoms with Crippen molar-refractivity contribution < 1.29 is 4.79 Å². The highest BCUT2D eigenvalue weighted by Gasteiger charge is 2.29. The molecule has 0 saturated carbocycles. The van der Waals surface area contributed by atoms with Gasteiger partial charge in [-0.3, -0.25) is 9.89 Å². The Hall–Kier alpha value is -1.15. The number of nitrogens with one attached hydrogen (secondary N) is 3. The topological polar surface area (TPSA) is 82.7 Å². The summed E-state index contributed by atoms with van der Waals surface area (Å²) >= 11 is 1.56. The second kappa shape index (κ2) is 7.61. The van der Waals surface area contributed by atoms with Gasteiger partial charge in [-0.15, -0.1) is 36.2 Å². The third kappa shape index (κ3) is 4.03. The van der Waals surface area contributed by atoms with E-state index in [1.165, 1.54) is 0 Å². The molecule has 3 N–H and O–H groups in total. The predicted molar refractivity (Wildman–Crippen MR) is 95.8 cm³/mol. The number of H-pyrrole nitrogens is 1. The van der Waals surface area contributed by atoms with E-state index in [-0.39, 0.29) is 30.7 Å². The molecular weight excluding hydrogens is 357 g/mol. The molecule has 23 heavy (non-hydrogen) atoms. The van der Waals surface area contributed by atoms with Gasteiger partial charge in [-0.05, 0) is 20.8 Å². The molecule has 0 aliphatic carbocycles. The van der Waals surface area contributed by atoms with Crippen LogP contribution in [-0.2, 0) is 18.5 Å². The first kappa shape index (κ1) is 19.9. The zero-order valence-electron chi connectivity index (χ0n) is 13.2. The Kier molecular flexibility index (Phi) is 6.59. The molecule has 9 heteroatoms. The summed E-state index contributed by atoms with van der Waals surface area (Å²) in [5.74, 6) is -0.158. The van der Waals surface area contributed by atoms with Gasteiger partial charge < -0.3 is 10.6 Å². The molecule has 6 nitrogen and oxygen atoms in total. The summed E-state index contributed by atoms with van der Waals surface area (Å²) in [7, 11) is 0. The van der Waals surface area contributed by atoms with Crippen LogP contribution in [0.2, 0.25) is 0 Å². The average Bonchev–Trinajstić information content (AvgIpc) is 3.04. The van der Waals surface area contributed by atoms with Crippen molar-refractivity contribution in [3.63, 3.8) is 0 Å². The maximum atomic E-state index is 12.5. The van der Waals surface area contributed by atoms with Gasteiger partial charge in [0.2, 0.25) is 0 Å². The van der Waals surface area contributed by atoms with E-state index < -0.39 is 5.54 Å². The SMILES string of the molecule is Cc1csc(C(C)(C)NC(=O)c2n[nH]c3c2CNCC3)n1.Cl.Cl. The van der Waals surface area contributed by atoms with E-state index in [0.717, 1.165) is 34.9 Å². The highest BCUT2D eigenvalue weighted by molar-refractivity contribution is 7.09. The van der Waals surface area contributed by atoms with Crippen LogP contribution in [0.25, 0.3) is 0 Å². The first-order valence-electron chi connectivity index (χ1n) is 6.99. The minimum Gasteiger partial charge on any atom is -0.339 e. The molecular formula is C14H21Cl2N5OS. The molecule has 0 atom stereocenters. The fourth-order valence-electron chi connectivity index (χ4n) is 2.45. The molecule has 0 unspecified atom stereocenters. The summed E-state index contributed by atoms with van der Waals surface area (Å²) in [6, 6.07) is 0. The number of hydrogen-bond acceptors (Lipinski definition) is 5. The van der Waals surface area contributed by atoms with Crippen molar-refractivity contribution in [2.75, 3.05) is 6.54 Å². The van der Waals surface area contributed by atoms with Gasteiger partial charge in [0, 0.05) is 41.8 Å². The predicted octanol–water partition coefficient (Wildman–Crippen LogP) is 2.33. The molecule has 3 heterocycles. The van der Waals surface area contributed by atoms with Crippen LogP contribution in [0.4, 0.5) is 0 Å². The minimum absolute atomic E-state index is 0. The van der Waals surface area contributed by atoms with Gasteiger partial charge >= 0.3 is 0 Å². The Morgan fingerprint density at radius 2 is 2.13 bits per heavy atom. The Bertz CT molecular complexity index is 683. The van der Waals surface area contributed by atoms with Gasteiger partial charge in [0.25, 0.3) is 5.91 Å². The molecule has 1 amide bonds. The number of aryl methyl sites for hydroxylation is 1. The number of carbonyl (C=O) groups is 1. The number of amides is 1. The summed E-state index contributed by atoms with van der Waals surface area (Å²) in [6.45, 7) is 7.47. The molecule has 2 aromatic heterocycles. The van der Waals surface area contributed by atoms with Crippen LogP contribution in [0.5, 0.6) is 0 Å². The Balaban J connectivity index is 0.00000132. The number of nitrogens with zero attached hydrogens (tertiary/aromatic N) is 2. The van der Waals surface area contributed by atoms with Gasteiger partial charge in [0.15, 0.2) is 5.69 Å². The number of hydrogen-bond donors (Lipinski definition) is 3. The Morgan fingerprint density at radius 3 is 2.78 bits per heavy atom. The number of halogens is 2. The number of thiazole rings is 1. The lowest BCUT2D eigenvalue weighted by molar-refractivity contribution is 0.0905. The smallest absolute Gasteiger partial charge is 0.272 e.